The van der Waals surface area contributed by atoms with E-state index in [2.05, 4.69) is 62.0 Å². The second-order valence-electron chi connectivity index (χ2n) is 6.27. The maximum absolute atomic E-state index is 4.75. The number of benzene rings is 1. The van der Waals surface area contributed by atoms with E-state index in [0.29, 0.717) is 5.92 Å². The molecule has 0 spiro atoms. The van der Waals surface area contributed by atoms with Crippen molar-refractivity contribution in [2.75, 3.05) is 13.1 Å². The van der Waals surface area contributed by atoms with Crippen LogP contribution in [0, 0.1) is 11.8 Å². The van der Waals surface area contributed by atoms with Gasteiger partial charge < -0.3 is 9.88 Å². The average molecular weight is 273 g/mol. The van der Waals surface area contributed by atoms with Crippen LogP contribution in [0.1, 0.15) is 33.0 Å². The minimum atomic E-state index is 0.658. The molecule has 0 aliphatic rings. The highest BCUT2D eigenvalue weighted by molar-refractivity contribution is 5.75. The van der Waals surface area contributed by atoms with E-state index in [1.165, 1.54) is 17.8 Å². The minimum Gasteiger partial charge on any atom is -0.331 e. The third-order valence-electron chi connectivity index (χ3n) is 3.78. The summed E-state index contributed by atoms with van der Waals surface area (Å²) in [6, 6.07) is 8.36. The van der Waals surface area contributed by atoms with Gasteiger partial charge in [-0.3, -0.25) is 0 Å². The summed E-state index contributed by atoms with van der Waals surface area (Å²) in [5.74, 6) is 2.58. The molecule has 0 aliphatic heterocycles. The van der Waals surface area contributed by atoms with Crippen molar-refractivity contribution < 1.29 is 0 Å². The summed E-state index contributed by atoms with van der Waals surface area (Å²) in [6.45, 7) is 9.02. The number of imidazole rings is 1. The molecule has 2 rings (SSSR count). The largest absolute Gasteiger partial charge is 0.331 e. The maximum Gasteiger partial charge on any atom is 0.109 e. The second-order valence-corrected chi connectivity index (χ2v) is 6.27. The predicted molar refractivity (Wildman–Crippen MR) is 85.9 cm³/mol. The number of nitrogens with one attached hydrogen (secondary N) is 1. The Morgan fingerprint density at radius 3 is 2.65 bits per heavy atom. The summed E-state index contributed by atoms with van der Waals surface area (Å²) >= 11 is 0. The maximum atomic E-state index is 4.75. The lowest BCUT2D eigenvalue weighted by Gasteiger charge is -2.13. The van der Waals surface area contributed by atoms with Gasteiger partial charge >= 0.3 is 0 Å². The van der Waals surface area contributed by atoms with Gasteiger partial charge in [0.2, 0.25) is 0 Å². The lowest BCUT2D eigenvalue weighted by Crippen LogP contribution is -2.22. The summed E-state index contributed by atoms with van der Waals surface area (Å²) < 4.78 is 2.23. The first-order valence-corrected chi connectivity index (χ1v) is 7.69. The van der Waals surface area contributed by atoms with Crippen molar-refractivity contribution in [1.29, 1.82) is 0 Å². The molecule has 1 N–H and O–H groups in total. The molecular formula is C17H27N3. The number of nitrogens with zero attached hydrogens (tertiary/aromatic N) is 2. The Bertz CT molecular complexity index is 542. The molecule has 0 radical (unpaired) electrons. The van der Waals surface area contributed by atoms with Gasteiger partial charge in [-0.05, 0) is 43.5 Å². The zero-order valence-electron chi connectivity index (χ0n) is 13.2. The lowest BCUT2D eigenvalue weighted by molar-refractivity contribution is 0.465. The van der Waals surface area contributed by atoms with Crippen LogP contribution in [-0.4, -0.2) is 22.6 Å². The Hall–Kier alpha value is -1.35. The molecule has 0 amide bonds. The summed E-state index contributed by atoms with van der Waals surface area (Å²) in [5, 5.41) is 3.52. The highest BCUT2D eigenvalue weighted by atomic mass is 15.1. The van der Waals surface area contributed by atoms with E-state index < -0.39 is 0 Å². The van der Waals surface area contributed by atoms with Crippen molar-refractivity contribution in [2.24, 2.45) is 18.9 Å². The summed E-state index contributed by atoms with van der Waals surface area (Å²) in [5.41, 5.74) is 2.34. The lowest BCUT2D eigenvalue weighted by atomic mass is 10.0. The number of hydrogen-bond donors (Lipinski definition) is 1. The second kappa shape index (κ2) is 6.89. The quantitative estimate of drug-likeness (QED) is 0.784. The van der Waals surface area contributed by atoms with Crippen molar-refractivity contribution in [3.63, 3.8) is 0 Å². The van der Waals surface area contributed by atoms with Crippen LogP contribution in [0.25, 0.3) is 11.0 Å². The molecule has 0 fully saturated rings. The number of aromatic nitrogens is 2. The van der Waals surface area contributed by atoms with Gasteiger partial charge in [0.05, 0.1) is 11.0 Å². The van der Waals surface area contributed by atoms with E-state index in [0.717, 1.165) is 30.9 Å². The van der Waals surface area contributed by atoms with Crippen LogP contribution in [0.15, 0.2) is 24.3 Å². The molecule has 110 valence electrons. The molecule has 1 atom stereocenters. The first kappa shape index (κ1) is 15.0. The Kier molecular flexibility index (Phi) is 5.18. The fourth-order valence-electron chi connectivity index (χ4n) is 2.53. The number of hydrogen-bond acceptors (Lipinski definition) is 2. The van der Waals surface area contributed by atoms with Crippen LogP contribution in [0.5, 0.6) is 0 Å². The standard InChI is InChI=1S/C17H27N3/c1-13(2)12-18-10-9-14(3)11-17-19-15-7-5-6-8-16(15)20(17)4/h5-8,13-14,18H,9-12H2,1-4H3. The number of aryl methyl sites for hydroxylation is 1. The summed E-state index contributed by atoms with van der Waals surface area (Å²) in [7, 11) is 2.12. The van der Waals surface area contributed by atoms with Gasteiger partial charge in [-0.2, -0.15) is 0 Å². The number of fused-ring (bicyclic) bond motifs is 1. The third-order valence-corrected chi connectivity index (χ3v) is 3.78. The first-order valence-electron chi connectivity index (χ1n) is 7.69. The van der Waals surface area contributed by atoms with Crippen LogP contribution < -0.4 is 5.32 Å². The molecule has 1 aromatic carbocycles. The van der Waals surface area contributed by atoms with Gasteiger partial charge in [-0.25, -0.2) is 4.98 Å². The van der Waals surface area contributed by atoms with E-state index in [9.17, 15) is 0 Å². The highest BCUT2D eigenvalue weighted by Crippen LogP contribution is 2.17. The van der Waals surface area contributed by atoms with Crippen LogP contribution in [0.4, 0.5) is 0 Å². The molecule has 1 aromatic heterocycles. The van der Waals surface area contributed by atoms with Gasteiger partial charge in [0.1, 0.15) is 5.82 Å². The molecule has 0 bridgehead atoms. The van der Waals surface area contributed by atoms with Crippen molar-refractivity contribution in [1.82, 2.24) is 14.9 Å². The number of para-hydroxylation sites is 2. The van der Waals surface area contributed by atoms with Crippen molar-refractivity contribution in [3.05, 3.63) is 30.1 Å². The molecule has 0 saturated heterocycles. The Morgan fingerprint density at radius 2 is 1.95 bits per heavy atom. The van der Waals surface area contributed by atoms with Crippen molar-refractivity contribution in [2.45, 2.75) is 33.6 Å². The van der Waals surface area contributed by atoms with Gasteiger partial charge in [0, 0.05) is 13.5 Å². The first-order chi connectivity index (χ1) is 9.58. The van der Waals surface area contributed by atoms with E-state index in [1.807, 2.05) is 0 Å². The molecule has 20 heavy (non-hydrogen) atoms. The molecule has 2 aromatic rings. The summed E-state index contributed by atoms with van der Waals surface area (Å²) in [4.78, 5) is 4.75. The molecule has 0 saturated carbocycles. The van der Waals surface area contributed by atoms with Gasteiger partial charge in [-0.1, -0.05) is 32.9 Å². The van der Waals surface area contributed by atoms with E-state index >= 15 is 0 Å². The Labute approximate surface area is 122 Å². The van der Waals surface area contributed by atoms with Crippen molar-refractivity contribution in [3.8, 4) is 0 Å². The minimum absolute atomic E-state index is 0.658. The van der Waals surface area contributed by atoms with Crippen molar-refractivity contribution >= 4 is 11.0 Å². The zero-order valence-corrected chi connectivity index (χ0v) is 13.2. The molecular weight excluding hydrogens is 246 g/mol. The Morgan fingerprint density at radius 1 is 1.20 bits per heavy atom. The van der Waals surface area contributed by atoms with E-state index in [4.69, 9.17) is 4.98 Å². The monoisotopic (exact) mass is 273 g/mol. The Balaban J connectivity index is 1.89. The molecule has 1 heterocycles. The van der Waals surface area contributed by atoms with Crippen LogP contribution in [0.2, 0.25) is 0 Å². The van der Waals surface area contributed by atoms with Gasteiger partial charge in [0.25, 0.3) is 0 Å². The summed E-state index contributed by atoms with van der Waals surface area (Å²) in [6.07, 6.45) is 2.25. The predicted octanol–water partition coefficient (Wildman–Crippen LogP) is 3.39. The third kappa shape index (κ3) is 3.83. The van der Waals surface area contributed by atoms with Gasteiger partial charge in [0.15, 0.2) is 0 Å². The van der Waals surface area contributed by atoms with E-state index in [-0.39, 0.29) is 0 Å². The van der Waals surface area contributed by atoms with Crippen LogP contribution >= 0.6 is 0 Å². The SMILES string of the molecule is CC(C)CNCCC(C)Cc1nc2ccccc2n1C. The van der Waals surface area contributed by atoms with Crippen LogP contribution in [0.3, 0.4) is 0 Å². The molecule has 0 aliphatic carbocycles. The topological polar surface area (TPSA) is 29.9 Å². The highest BCUT2D eigenvalue weighted by Gasteiger charge is 2.11. The normalized spacial score (nSPS) is 13.2. The molecule has 1 unspecified atom stereocenters. The molecule has 3 heteroatoms. The zero-order chi connectivity index (χ0) is 14.5. The fourth-order valence-corrected chi connectivity index (χ4v) is 2.53. The fraction of sp³-hybridized carbons (Fsp3) is 0.588. The smallest absolute Gasteiger partial charge is 0.109 e. The number of rotatable bonds is 7. The van der Waals surface area contributed by atoms with Crippen LogP contribution in [-0.2, 0) is 13.5 Å². The average Bonchev–Trinajstić information content (AvgIpc) is 2.72. The van der Waals surface area contributed by atoms with Gasteiger partial charge in [-0.15, -0.1) is 0 Å². The van der Waals surface area contributed by atoms with E-state index in [1.54, 1.807) is 0 Å². The molecule has 3 nitrogen and oxygen atoms in total.